The Bertz CT molecular complexity index is 1550. The molecule has 364 valence electrons. The van der Waals surface area contributed by atoms with Crippen LogP contribution in [0.15, 0.2) is 0 Å². The minimum absolute atomic E-state index is 0.189. The summed E-state index contributed by atoms with van der Waals surface area (Å²) < 4.78 is 32.9. The standard InChI is InChI=1S/C34H56N2O27/c1-10(42)35-19-12(44)3-33(31(54)55,61-27(19)22(50)15(47)6-38)60-18(9-41)24(52)28-20(36-11(2)43)13(45)4-34(62-28,32(56)57)63-29-23(51)17(8-40)58-30(25(29)53)59-26(16(48)7-39)21(49)14(46)5-37/h5,12-30,38-41,44-53H,3-4,6-9H2,1-2H3,(H,35,42)(H,36,43)(H,54,55)(H,56,57)/t12-,13-,14-,15+,16+,17+,18+,19+,20+,21+,22+,23-,24+,25+,26+,27+,28+,29-,30-,33+,34-/m0/s1. The van der Waals surface area contributed by atoms with Crippen molar-refractivity contribution in [2.24, 2.45) is 0 Å². The molecule has 0 aromatic heterocycles. The van der Waals surface area contributed by atoms with Crippen LogP contribution in [-0.4, -0.2) is 266 Å². The van der Waals surface area contributed by atoms with E-state index in [2.05, 4.69) is 10.6 Å². The Kier molecular flexibility index (Phi) is 19.6. The van der Waals surface area contributed by atoms with Gasteiger partial charge in [0.1, 0.15) is 85.5 Å². The molecule has 0 unspecified atom stereocenters. The molecule has 3 saturated heterocycles. The van der Waals surface area contributed by atoms with E-state index < -0.39 is 191 Å². The molecule has 3 fully saturated rings. The molecule has 0 aliphatic carbocycles. The molecule has 3 heterocycles. The molecule has 3 rings (SSSR count). The SMILES string of the molecule is CC(=O)N[C@H]1[C@H]([C@H](O)[C@H](O)CO)O[C@@](O[C@H](CO)[C@@H](O)[C@@H]2O[C@@](O[C@H]3[C@@H](O)[C@@H](CO)O[C@@H](O[C@@H]([C@H](O)[C@@H](O)C=O)[C@H](O)CO)[C@@H]3O)(C(=O)O)C[C@H](O)[C@H]2NC(C)=O)(C(=O)O)C[C@@H]1O. The molecule has 29 heteroatoms. The van der Waals surface area contributed by atoms with Gasteiger partial charge in [-0.2, -0.15) is 0 Å². The number of amides is 2. The first kappa shape index (κ1) is 54.1. The van der Waals surface area contributed by atoms with Crippen LogP contribution < -0.4 is 10.6 Å². The average Bonchev–Trinajstić information content (AvgIpc) is 3.23. The van der Waals surface area contributed by atoms with Crippen LogP contribution in [0, 0.1) is 0 Å². The molecule has 2 amide bonds. The van der Waals surface area contributed by atoms with Crippen LogP contribution in [0.3, 0.4) is 0 Å². The molecule has 0 aromatic carbocycles. The van der Waals surface area contributed by atoms with Gasteiger partial charge in [0.25, 0.3) is 11.6 Å². The first-order chi connectivity index (χ1) is 29.4. The van der Waals surface area contributed by atoms with Crippen molar-refractivity contribution >= 4 is 30.0 Å². The summed E-state index contributed by atoms with van der Waals surface area (Å²) in [6, 6.07) is -3.60. The molecule has 0 spiro atoms. The summed E-state index contributed by atoms with van der Waals surface area (Å²) in [5.74, 6) is -12.8. The van der Waals surface area contributed by atoms with Crippen molar-refractivity contribution in [1.82, 2.24) is 10.6 Å². The fourth-order valence-corrected chi connectivity index (χ4v) is 7.30. The van der Waals surface area contributed by atoms with E-state index in [1.165, 1.54) is 0 Å². The molecule has 21 atom stereocenters. The second-order valence-electron chi connectivity index (χ2n) is 15.1. The zero-order chi connectivity index (χ0) is 47.9. The average molecular weight is 925 g/mol. The zero-order valence-electron chi connectivity index (χ0n) is 33.4. The topological polar surface area (TPSA) is 488 Å². The highest BCUT2D eigenvalue weighted by molar-refractivity contribution is 5.77. The third kappa shape index (κ3) is 12.2. The zero-order valence-corrected chi connectivity index (χ0v) is 33.4. The van der Waals surface area contributed by atoms with Crippen LogP contribution in [0.25, 0.3) is 0 Å². The molecule has 63 heavy (non-hydrogen) atoms. The van der Waals surface area contributed by atoms with Gasteiger partial charge >= 0.3 is 11.9 Å². The number of carboxylic acid groups (broad SMARTS) is 2. The van der Waals surface area contributed by atoms with Crippen molar-refractivity contribution in [3.63, 3.8) is 0 Å². The Hall–Kier alpha value is -3.25. The van der Waals surface area contributed by atoms with Gasteiger partial charge in [-0.25, -0.2) is 9.59 Å². The van der Waals surface area contributed by atoms with Gasteiger partial charge < -0.3 is 126 Å². The van der Waals surface area contributed by atoms with E-state index in [1.807, 2.05) is 0 Å². The molecule has 3 aliphatic heterocycles. The monoisotopic (exact) mass is 924 g/mol. The number of aliphatic hydroxyl groups is 14. The fourth-order valence-electron chi connectivity index (χ4n) is 7.30. The van der Waals surface area contributed by atoms with Gasteiger partial charge in [0.2, 0.25) is 11.8 Å². The smallest absolute Gasteiger partial charge is 0.364 e. The summed E-state index contributed by atoms with van der Waals surface area (Å²) in [6.45, 7) is -3.10. The van der Waals surface area contributed by atoms with Crippen LogP contribution in [0.2, 0.25) is 0 Å². The quantitative estimate of drug-likeness (QED) is 0.0448. The van der Waals surface area contributed by atoms with Gasteiger partial charge in [0.05, 0.1) is 50.7 Å². The minimum Gasteiger partial charge on any atom is -0.477 e. The summed E-state index contributed by atoms with van der Waals surface area (Å²) in [7, 11) is 0. The highest BCUT2D eigenvalue weighted by Gasteiger charge is 2.62. The lowest BCUT2D eigenvalue weighted by atomic mass is 9.87. The van der Waals surface area contributed by atoms with Gasteiger partial charge in [-0.3, -0.25) is 9.59 Å². The number of rotatable bonds is 22. The predicted octanol–water partition coefficient (Wildman–Crippen LogP) is -11.2. The predicted molar refractivity (Wildman–Crippen MR) is 193 cm³/mol. The van der Waals surface area contributed by atoms with E-state index in [-0.39, 0.29) is 6.29 Å². The summed E-state index contributed by atoms with van der Waals surface area (Å²) in [5.41, 5.74) is 0. The fraction of sp³-hybridized carbons (Fsp3) is 0.853. The second-order valence-corrected chi connectivity index (χ2v) is 15.1. The number of nitrogens with one attached hydrogen (secondary N) is 2. The third-order valence-corrected chi connectivity index (χ3v) is 10.5. The van der Waals surface area contributed by atoms with Crippen LogP contribution in [0.5, 0.6) is 0 Å². The molecule has 3 aliphatic rings. The Labute approximate surface area is 355 Å². The van der Waals surface area contributed by atoms with E-state index >= 15 is 0 Å². The minimum atomic E-state index is -3.38. The molecule has 29 nitrogen and oxygen atoms in total. The maximum absolute atomic E-state index is 13.1. The van der Waals surface area contributed by atoms with Crippen molar-refractivity contribution in [1.29, 1.82) is 0 Å². The number of ether oxygens (including phenoxy) is 6. The molecular formula is C34H56N2O27. The van der Waals surface area contributed by atoms with Crippen LogP contribution >= 0.6 is 0 Å². The number of aldehydes is 1. The number of aliphatic hydroxyl groups excluding tert-OH is 14. The number of carbonyl (C=O) groups excluding carboxylic acids is 3. The van der Waals surface area contributed by atoms with Gasteiger partial charge in [-0.05, 0) is 0 Å². The Balaban J connectivity index is 2.09. The van der Waals surface area contributed by atoms with Crippen LogP contribution in [0.1, 0.15) is 26.7 Å². The van der Waals surface area contributed by atoms with Crippen molar-refractivity contribution in [2.45, 2.75) is 154 Å². The first-order valence-corrected chi connectivity index (χ1v) is 19.1. The van der Waals surface area contributed by atoms with Crippen LogP contribution in [0.4, 0.5) is 0 Å². The number of aliphatic carboxylic acids is 2. The molecule has 0 aromatic rings. The lowest BCUT2D eigenvalue weighted by molar-refractivity contribution is -0.380. The van der Waals surface area contributed by atoms with E-state index in [4.69, 9.17) is 28.4 Å². The summed E-state index contributed by atoms with van der Waals surface area (Å²) in [4.78, 5) is 61.3. The van der Waals surface area contributed by atoms with E-state index in [0.717, 1.165) is 13.8 Å². The second kappa shape index (κ2) is 22.8. The lowest BCUT2D eigenvalue weighted by Crippen LogP contribution is -2.71. The Morgan fingerprint density at radius 3 is 1.67 bits per heavy atom. The van der Waals surface area contributed by atoms with E-state index in [1.54, 1.807) is 0 Å². The van der Waals surface area contributed by atoms with Crippen molar-refractivity contribution < 1.29 is 134 Å². The summed E-state index contributed by atoms with van der Waals surface area (Å²) in [5, 5.41) is 173. The van der Waals surface area contributed by atoms with Gasteiger partial charge in [0.15, 0.2) is 12.6 Å². The molecule has 0 radical (unpaired) electrons. The lowest BCUT2D eigenvalue weighted by Gasteiger charge is -2.51. The largest absolute Gasteiger partial charge is 0.477 e. The van der Waals surface area contributed by atoms with Crippen molar-refractivity contribution in [3.8, 4) is 0 Å². The Morgan fingerprint density at radius 1 is 0.730 bits per heavy atom. The normalized spacial score (nSPS) is 37.6. The Morgan fingerprint density at radius 2 is 1.22 bits per heavy atom. The molecule has 0 saturated carbocycles. The number of carbonyl (C=O) groups is 5. The van der Waals surface area contributed by atoms with E-state index in [0.29, 0.717) is 0 Å². The maximum Gasteiger partial charge on any atom is 0.364 e. The van der Waals surface area contributed by atoms with Gasteiger partial charge in [0, 0.05) is 26.7 Å². The van der Waals surface area contributed by atoms with Crippen LogP contribution in [-0.2, 0) is 52.4 Å². The van der Waals surface area contributed by atoms with E-state index in [9.17, 15) is 106 Å². The highest BCUT2D eigenvalue weighted by atomic mass is 16.8. The maximum atomic E-state index is 13.1. The molecular weight excluding hydrogens is 868 g/mol. The van der Waals surface area contributed by atoms with Gasteiger partial charge in [-0.1, -0.05) is 0 Å². The van der Waals surface area contributed by atoms with Crippen molar-refractivity contribution in [2.75, 3.05) is 26.4 Å². The molecule has 0 bridgehead atoms. The summed E-state index contributed by atoms with van der Waals surface area (Å²) >= 11 is 0. The number of hydrogen-bond acceptors (Lipinski definition) is 25. The third-order valence-electron chi connectivity index (χ3n) is 10.5. The highest BCUT2D eigenvalue weighted by Crippen LogP contribution is 2.40. The molecule has 18 N–H and O–H groups in total. The first-order valence-electron chi connectivity index (χ1n) is 19.1. The number of carboxylic acids is 2. The summed E-state index contributed by atoms with van der Waals surface area (Å²) in [6.07, 6.45) is -40.9. The van der Waals surface area contributed by atoms with Gasteiger partial charge in [-0.15, -0.1) is 0 Å². The number of hydrogen-bond donors (Lipinski definition) is 18. The van der Waals surface area contributed by atoms with Crippen molar-refractivity contribution in [3.05, 3.63) is 0 Å².